The van der Waals surface area contributed by atoms with E-state index in [4.69, 9.17) is 0 Å². The quantitative estimate of drug-likeness (QED) is 0.871. The number of hydrogen-bond donors (Lipinski definition) is 1. The van der Waals surface area contributed by atoms with Crippen LogP contribution in [-0.4, -0.2) is 57.4 Å². The molecule has 0 atom stereocenters. The summed E-state index contributed by atoms with van der Waals surface area (Å²) in [5.74, 6) is 0. The second-order valence-electron chi connectivity index (χ2n) is 5.13. The Morgan fingerprint density at radius 2 is 1.70 bits per heavy atom. The fraction of sp³-hybridized carbons (Fsp3) is 0.571. The molecule has 1 aromatic rings. The molecule has 1 N–H and O–H groups in total. The van der Waals surface area contributed by atoms with Crippen molar-refractivity contribution in [3.05, 3.63) is 29.8 Å². The first-order chi connectivity index (χ1) is 9.54. The molecule has 1 aliphatic rings. The third kappa shape index (κ3) is 3.58. The minimum Gasteiger partial charge on any atom is -0.313 e. The molecule has 0 unspecified atom stereocenters. The average molecular weight is 297 g/mol. The Bertz CT molecular complexity index is 520. The van der Waals surface area contributed by atoms with Crippen LogP contribution in [0, 0.1) is 0 Å². The van der Waals surface area contributed by atoms with Crippen molar-refractivity contribution < 1.29 is 8.42 Å². The molecule has 1 saturated heterocycles. The lowest BCUT2D eigenvalue weighted by atomic mass is 10.2. The summed E-state index contributed by atoms with van der Waals surface area (Å²) < 4.78 is 26.6. The zero-order valence-corrected chi connectivity index (χ0v) is 13.0. The Hall–Kier alpha value is -0.950. The van der Waals surface area contributed by atoms with Crippen LogP contribution in [0.25, 0.3) is 0 Å². The molecular weight excluding hydrogens is 274 g/mol. The first kappa shape index (κ1) is 15.4. The molecule has 0 aromatic heterocycles. The van der Waals surface area contributed by atoms with Crippen LogP contribution in [-0.2, 0) is 16.6 Å². The van der Waals surface area contributed by atoms with Crippen LogP contribution in [0.3, 0.4) is 0 Å². The largest absolute Gasteiger partial charge is 0.313 e. The summed E-state index contributed by atoms with van der Waals surface area (Å²) in [5, 5.41) is 3.23. The molecule has 1 aliphatic heterocycles. The van der Waals surface area contributed by atoms with Crippen LogP contribution in [0.2, 0.25) is 0 Å². The number of sulfonamides is 1. The Balaban J connectivity index is 2.09. The van der Waals surface area contributed by atoms with Crippen LogP contribution < -0.4 is 5.32 Å². The number of rotatable bonds is 5. The maximum absolute atomic E-state index is 12.5. The predicted octanol–water partition coefficient (Wildman–Crippen LogP) is 0.732. The zero-order valence-electron chi connectivity index (χ0n) is 12.2. The van der Waals surface area contributed by atoms with Gasteiger partial charge in [-0.15, -0.1) is 0 Å². The van der Waals surface area contributed by atoms with Crippen molar-refractivity contribution in [3.63, 3.8) is 0 Å². The van der Waals surface area contributed by atoms with E-state index in [1.54, 1.807) is 16.4 Å². The van der Waals surface area contributed by atoms with Crippen LogP contribution >= 0.6 is 0 Å². The molecule has 0 spiro atoms. The standard InChI is InChI=1S/C14H23N3O2S/c1-3-15-12-13-4-6-14(7-5-13)20(18,19)17-10-8-16(2)9-11-17/h4-7,15H,3,8-12H2,1-2H3. The van der Waals surface area contributed by atoms with Gasteiger partial charge >= 0.3 is 0 Å². The van der Waals surface area contributed by atoms with Crippen molar-refractivity contribution >= 4 is 10.0 Å². The maximum atomic E-state index is 12.5. The summed E-state index contributed by atoms with van der Waals surface area (Å²) in [6, 6.07) is 7.18. The van der Waals surface area contributed by atoms with Gasteiger partial charge in [0.15, 0.2) is 0 Å². The highest BCUT2D eigenvalue weighted by atomic mass is 32.2. The highest BCUT2D eigenvalue weighted by molar-refractivity contribution is 7.89. The Morgan fingerprint density at radius 1 is 1.10 bits per heavy atom. The number of piperazine rings is 1. The van der Waals surface area contributed by atoms with E-state index in [2.05, 4.69) is 10.2 Å². The first-order valence-electron chi connectivity index (χ1n) is 7.02. The molecule has 0 radical (unpaired) electrons. The van der Waals surface area contributed by atoms with Gasteiger partial charge in [0.05, 0.1) is 4.90 Å². The topological polar surface area (TPSA) is 52.7 Å². The van der Waals surface area contributed by atoms with E-state index in [1.807, 2.05) is 26.1 Å². The number of hydrogen-bond acceptors (Lipinski definition) is 4. The molecule has 1 fully saturated rings. The van der Waals surface area contributed by atoms with Crippen LogP contribution in [0.15, 0.2) is 29.2 Å². The summed E-state index contributed by atoms with van der Waals surface area (Å²) in [5.41, 5.74) is 1.10. The van der Waals surface area contributed by atoms with Crippen molar-refractivity contribution in [2.45, 2.75) is 18.4 Å². The zero-order chi connectivity index (χ0) is 14.6. The monoisotopic (exact) mass is 297 g/mol. The molecular formula is C14H23N3O2S. The Kier molecular flexibility index (Phi) is 5.15. The van der Waals surface area contributed by atoms with Gasteiger partial charge in [-0.3, -0.25) is 0 Å². The minimum atomic E-state index is -3.34. The molecule has 1 heterocycles. The van der Waals surface area contributed by atoms with E-state index < -0.39 is 10.0 Å². The fourth-order valence-electron chi connectivity index (χ4n) is 2.23. The van der Waals surface area contributed by atoms with Crippen LogP contribution in [0.1, 0.15) is 12.5 Å². The third-order valence-corrected chi connectivity index (χ3v) is 5.52. The molecule has 112 valence electrons. The van der Waals surface area contributed by atoms with E-state index in [0.717, 1.165) is 31.7 Å². The average Bonchev–Trinajstić information content (AvgIpc) is 2.46. The van der Waals surface area contributed by atoms with E-state index in [9.17, 15) is 8.42 Å². The molecule has 20 heavy (non-hydrogen) atoms. The van der Waals surface area contributed by atoms with Crippen LogP contribution in [0.5, 0.6) is 0 Å². The Morgan fingerprint density at radius 3 is 2.25 bits per heavy atom. The lowest BCUT2D eigenvalue weighted by Crippen LogP contribution is -2.46. The number of likely N-dealkylation sites (N-methyl/N-ethyl adjacent to an activating group) is 1. The lowest BCUT2D eigenvalue weighted by molar-refractivity contribution is 0.222. The highest BCUT2D eigenvalue weighted by Crippen LogP contribution is 2.17. The van der Waals surface area contributed by atoms with Crippen molar-refractivity contribution in [1.82, 2.24) is 14.5 Å². The van der Waals surface area contributed by atoms with Gasteiger partial charge in [0, 0.05) is 32.7 Å². The highest BCUT2D eigenvalue weighted by Gasteiger charge is 2.27. The summed E-state index contributed by atoms with van der Waals surface area (Å²) in [6.07, 6.45) is 0. The number of nitrogens with one attached hydrogen (secondary N) is 1. The summed E-state index contributed by atoms with van der Waals surface area (Å²) in [7, 11) is -1.32. The molecule has 0 bridgehead atoms. The van der Waals surface area contributed by atoms with Gasteiger partial charge in [-0.2, -0.15) is 4.31 Å². The van der Waals surface area contributed by atoms with Gasteiger partial charge in [-0.05, 0) is 31.3 Å². The molecule has 5 nitrogen and oxygen atoms in total. The smallest absolute Gasteiger partial charge is 0.243 e. The summed E-state index contributed by atoms with van der Waals surface area (Å²) in [6.45, 7) is 6.43. The fourth-order valence-corrected chi connectivity index (χ4v) is 3.65. The minimum absolute atomic E-state index is 0.391. The SMILES string of the molecule is CCNCc1ccc(S(=O)(=O)N2CCN(C)CC2)cc1. The predicted molar refractivity (Wildman–Crippen MR) is 80.1 cm³/mol. The van der Waals surface area contributed by atoms with Crippen molar-refractivity contribution in [2.24, 2.45) is 0 Å². The first-order valence-corrected chi connectivity index (χ1v) is 8.46. The van der Waals surface area contributed by atoms with Gasteiger partial charge < -0.3 is 10.2 Å². The molecule has 0 aliphatic carbocycles. The van der Waals surface area contributed by atoms with Gasteiger partial charge in [0.25, 0.3) is 0 Å². The lowest BCUT2D eigenvalue weighted by Gasteiger charge is -2.31. The molecule has 6 heteroatoms. The van der Waals surface area contributed by atoms with E-state index in [-0.39, 0.29) is 0 Å². The molecule has 2 rings (SSSR count). The Labute approximate surface area is 121 Å². The van der Waals surface area contributed by atoms with Crippen LogP contribution in [0.4, 0.5) is 0 Å². The summed E-state index contributed by atoms with van der Waals surface area (Å²) in [4.78, 5) is 2.54. The molecule has 0 saturated carbocycles. The van der Waals surface area contributed by atoms with E-state index in [1.165, 1.54) is 0 Å². The van der Waals surface area contributed by atoms with E-state index in [0.29, 0.717) is 18.0 Å². The van der Waals surface area contributed by atoms with Crippen molar-refractivity contribution in [3.8, 4) is 0 Å². The van der Waals surface area contributed by atoms with Gasteiger partial charge in [-0.1, -0.05) is 19.1 Å². The van der Waals surface area contributed by atoms with Crippen molar-refractivity contribution in [1.29, 1.82) is 0 Å². The number of nitrogens with zero attached hydrogens (tertiary/aromatic N) is 2. The third-order valence-electron chi connectivity index (χ3n) is 3.60. The second kappa shape index (κ2) is 6.67. The normalized spacial score (nSPS) is 18.3. The maximum Gasteiger partial charge on any atom is 0.243 e. The van der Waals surface area contributed by atoms with Gasteiger partial charge in [0.2, 0.25) is 10.0 Å². The summed E-state index contributed by atoms with van der Waals surface area (Å²) >= 11 is 0. The second-order valence-corrected chi connectivity index (χ2v) is 7.07. The van der Waals surface area contributed by atoms with Crippen molar-refractivity contribution in [2.75, 3.05) is 39.8 Å². The van der Waals surface area contributed by atoms with E-state index >= 15 is 0 Å². The molecule has 0 amide bonds. The number of benzene rings is 1. The van der Waals surface area contributed by atoms with Gasteiger partial charge in [0.1, 0.15) is 0 Å². The molecule has 1 aromatic carbocycles. The van der Waals surface area contributed by atoms with Gasteiger partial charge in [-0.25, -0.2) is 8.42 Å².